The number of hydrogen-bond donors (Lipinski definition) is 1. The fourth-order valence-electron chi connectivity index (χ4n) is 1.32. The highest BCUT2D eigenvalue weighted by atomic mass is 19.3. The Morgan fingerprint density at radius 1 is 1.19 bits per heavy atom. The number of hydrogen-bond acceptors (Lipinski definition) is 7. The van der Waals surface area contributed by atoms with Crippen LogP contribution in [0, 0.1) is 0 Å². The fourth-order valence-corrected chi connectivity index (χ4v) is 1.32. The van der Waals surface area contributed by atoms with Crippen molar-refractivity contribution in [2.45, 2.75) is 25.4 Å². The normalized spacial score (nSPS) is 12.2. The number of halogens is 4. The minimum atomic E-state index is -4.36. The summed E-state index contributed by atoms with van der Waals surface area (Å²) in [6.45, 7) is 1.08. The SMILES string of the molecule is C=CC(=O)OCCNC(=O)OCC(COCC(F)(F)C(F)F)OC(C)=O. The lowest BCUT2D eigenvalue weighted by molar-refractivity contribution is -0.177. The third kappa shape index (κ3) is 11.2. The standard InChI is InChI=1S/C14H19F4NO7/c1-3-11(21)24-5-4-19-13(22)25-7-10(26-9(2)20)6-23-8-14(17,18)12(15)16/h3,10,12H,1,4-8H2,2H3,(H,19,22). The van der Waals surface area contributed by atoms with Crippen LogP contribution >= 0.6 is 0 Å². The van der Waals surface area contributed by atoms with Gasteiger partial charge in [0.15, 0.2) is 6.10 Å². The van der Waals surface area contributed by atoms with Gasteiger partial charge in [0.2, 0.25) is 0 Å². The lowest BCUT2D eigenvalue weighted by atomic mass is 10.3. The van der Waals surface area contributed by atoms with Gasteiger partial charge in [-0.1, -0.05) is 6.58 Å². The highest BCUT2D eigenvalue weighted by Gasteiger charge is 2.41. The summed E-state index contributed by atoms with van der Waals surface area (Å²) < 4.78 is 67.7. The number of amides is 1. The van der Waals surface area contributed by atoms with Crippen molar-refractivity contribution in [3.05, 3.63) is 12.7 Å². The molecule has 0 radical (unpaired) electrons. The van der Waals surface area contributed by atoms with E-state index in [1.54, 1.807) is 0 Å². The molecular formula is C14H19F4NO7. The number of carbonyl (C=O) groups excluding carboxylic acids is 3. The third-order valence-electron chi connectivity index (χ3n) is 2.43. The van der Waals surface area contributed by atoms with Crippen molar-refractivity contribution >= 4 is 18.0 Å². The highest BCUT2D eigenvalue weighted by Crippen LogP contribution is 2.22. The van der Waals surface area contributed by atoms with E-state index in [2.05, 4.69) is 30.8 Å². The molecule has 0 spiro atoms. The highest BCUT2D eigenvalue weighted by molar-refractivity contribution is 5.81. The number of ether oxygens (including phenoxy) is 4. The number of alkyl carbamates (subject to hydrolysis) is 1. The average Bonchev–Trinajstić information content (AvgIpc) is 2.55. The van der Waals surface area contributed by atoms with Crippen molar-refractivity contribution in [1.82, 2.24) is 5.32 Å². The summed E-state index contributed by atoms with van der Waals surface area (Å²) in [4.78, 5) is 33.0. The first-order valence-electron chi connectivity index (χ1n) is 7.19. The minimum absolute atomic E-state index is 0.0895. The van der Waals surface area contributed by atoms with Crippen LogP contribution in [0.5, 0.6) is 0 Å². The maximum Gasteiger partial charge on any atom is 0.407 e. The van der Waals surface area contributed by atoms with Crippen LogP contribution in [-0.4, -0.2) is 69.5 Å². The molecule has 0 aliphatic carbocycles. The summed E-state index contributed by atoms with van der Waals surface area (Å²) >= 11 is 0. The molecule has 0 rings (SSSR count). The Kier molecular flexibility index (Phi) is 11.0. The van der Waals surface area contributed by atoms with Gasteiger partial charge in [0.1, 0.15) is 19.8 Å². The zero-order valence-corrected chi connectivity index (χ0v) is 13.8. The van der Waals surface area contributed by atoms with Crippen LogP contribution in [0.15, 0.2) is 12.7 Å². The number of esters is 2. The van der Waals surface area contributed by atoms with Crippen molar-refractivity contribution in [2.24, 2.45) is 0 Å². The molecular weight excluding hydrogens is 370 g/mol. The van der Waals surface area contributed by atoms with Gasteiger partial charge in [0, 0.05) is 13.0 Å². The lowest BCUT2D eigenvalue weighted by Crippen LogP contribution is -2.37. The van der Waals surface area contributed by atoms with E-state index in [9.17, 15) is 31.9 Å². The van der Waals surface area contributed by atoms with E-state index in [0.29, 0.717) is 0 Å². The molecule has 0 aromatic heterocycles. The predicted octanol–water partition coefficient (Wildman–Crippen LogP) is 1.29. The first kappa shape index (κ1) is 23.6. The molecule has 0 saturated carbocycles. The quantitative estimate of drug-likeness (QED) is 0.177. The average molecular weight is 389 g/mol. The molecule has 0 aliphatic rings. The molecule has 1 atom stereocenters. The molecule has 0 aromatic carbocycles. The van der Waals surface area contributed by atoms with Crippen LogP contribution in [0.3, 0.4) is 0 Å². The summed E-state index contributed by atoms with van der Waals surface area (Å²) in [6, 6.07) is 0. The topological polar surface area (TPSA) is 100 Å². The minimum Gasteiger partial charge on any atom is -0.461 e. The van der Waals surface area contributed by atoms with Crippen molar-refractivity contribution < 1.29 is 50.9 Å². The Morgan fingerprint density at radius 3 is 2.38 bits per heavy atom. The smallest absolute Gasteiger partial charge is 0.407 e. The number of nitrogens with one attached hydrogen (secondary N) is 1. The summed E-state index contributed by atoms with van der Waals surface area (Å²) in [7, 11) is 0. The Labute approximate surface area is 146 Å². The van der Waals surface area contributed by atoms with E-state index in [1.165, 1.54) is 0 Å². The van der Waals surface area contributed by atoms with Gasteiger partial charge in [0.05, 0.1) is 13.2 Å². The summed E-state index contributed by atoms with van der Waals surface area (Å²) in [5.74, 6) is -5.87. The van der Waals surface area contributed by atoms with Crippen molar-refractivity contribution in [2.75, 3.05) is 33.0 Å². The van der Waals surface area contributed by atoms with Gasteiger partial charge in [-0.25, -0.2) is 18.4 Å². The summed E-state index contributed by atoms with van der Waals surface area (Å²) in [5, 5.41) is 2.19. The van der Waals surface area contributed by atoms with Crippen LogP contribution < -0.4 is 5.32 Å². The van der Waals surface area contributed by atoms with Crippen LogP contribution in [0.25, 0.3) is 0 Å². The molecule has 150 valence electrons. The van der Waals surface area contributed by atoms with Gasteiger partial charge in [-0.3, -0.25) is 4.79 Å². The van der Waals surface area contributed by atoms with Crippen LogP contribution in [0.2, 0.25) is 0 Å². The zero-order valence-electron chi connectivity index (χ0n) is 13.8. The van der Waals surface area contributed by atoms with Gasteiger partial charge >= 0.3 is 30.4 Å². The Morgan fingerprint density at radius 2 is 1.85 bits per heavy atom. The lowest BCUT2D eigenvalue weighted by Gasteiger charge is -2.20. The molecule has 0 fully saturated rings. The van der Waals surface area contributed by atoms with Gasteiger partial charge in [0.25, 0.3) is 0 Å². The molecule has 1 unspecified atom stereocenters. The fraction of sp³-hybridized carbons (Fsp3) is 0.643. The van der Waals surface area contributed by atoms with E-state index in [-0.39, 0.29) is 13.2 Å². The first-order chi connectivity index (χ1) is 12.1. The van der Waals surface area contributed by atoms with Gasteiger partial charge < -0.3 is 24.3 Å². The largest absolute Gasteiger partial charge is 0.461 e. The van der Waals surface area contributed by atoms with Crippen molar-refractivity contribution in [3.8, 4) is 0 Å². The molecule has 12 heteroatoms. The Balaban J connectivity index is 4.20. The molecule has 26 heavy (non-hydrogen) atoms. The van der Waals surface area contributed by atoms with Crippen LogP contribution in [0.4, 0.5) is 22.4 Å². The first-order valence-corrected chi connectivity index (χ1v) is 7.19. The molecule has 1 N–H and O–H groups in total. The maximum atomic E-state index is 12.7. The van der Waals surface area contributed by atoms with E-state index >= 15 is 0 Å². The molecule has 8 nitrogen and oxygen atoms in total. The van der Waals surface area contributed by atoms with Crippen molar-refractivity contribution in [1.29, 1.82) is 0 Å². The zero-order chi connectivity index (χ0) is 20.2. The van der Waals surface area contributed by atoms with E-state index in [1.807, 2.05) is 0 Å². The molecule has 0 aromatic rings. The second kappa shape index (κ2) is 12.1. The molecule has 0 saturated heterocycles. The second-order valence-corrected chi connectivity index (χ2v) is 4.71. The summed E-state index contributed by atoms with van der Waals surface area (Å²) in [5.41, 5.74) is 0. The molecule has 1 amide bonds. The van der Waals surface area contributed by atoms with Crippen LogP contribution in [-0.2, 0) is 28.5 Å². The summed E-state index contributed by atoms with van der Waals surface area (Å²) in [6.07, 6.45) is -5.23. The van der Waals surface area contributed by atoms with Gasteiger partial charge in [-0.2, -0.15) is 8.78 Å². The monoisotopic (exact) mass is 389 g/mol. The van der Waals surface area contributed by atoms with E-state index in [0.717, 1.165) is 13.0 Å². The maximum absolute atomic E-state index is 12.7. The van der Waals surface area contributed by atoms with Gasteiger partial charge in [-0.05, 0) is 0 Å². The Hall–Kier alpha value is -2.37. The number of carbonyl (C=O) groups is 3. The Bertz CT molecular complexity index is 488. The van der Waals surface area contributed by atoms with Gasteiger partial charge in [-0.15, -0.1) is 0 Å². The number of alkyl halides is 4. The van der Waals surface area contributed by atoms with Crippen LogP contribution in [0.1, 0.15) is 6.92 Å². The van der Waals surface area contributed by atoms with E-state index < -0.39 is 56.3 Å². The third-order valence-corrected chi connectivity index (χ3v) is 2.43. The molecule has 0 bridgehead atoms. The van der Waals surface area contributed by atoms with Crippen molar-refractivity contribution in [3.63, 3.8) is 0 Å². The molecule has 0 heterocycles. The predicted molar refractivity (Wildman–Crippen MR) is 77.8 cm³/mol. The van der Waals surface area contributed by atoms with E-state index in [4.69, 9.17) is 0 Å². The number of rotatable bonds is 12. The molecule has 0 aliphatic heterocycles. The second-order valence-electron chi connectivity index (χ2n) is 4.71.